The number of aliphatic hydroxyl groups excluding tert-OH is 4. The smallest absolute Gasteiger partial charge is 0.306 e. The molecule has 47 heavy (non-hydrogen) atoms. The Hall–Kier alpha value is -2.34. The fourth-order valence-corrected chi connectivity index (χ4v) is 4.86. The van der Waals surface area contributed by atoms with Gasteiger partial charge < -0.3 is 39.4 Å². The molecule has 0 bridgehead atoms. The molecule has 0 amide bonds. The van der Waals surface area contributed by atoms with Crippen LogP contribution < -0.4 is 0 Å². The highest BCUT2D eigenvalue weighted by Gasteiger charge is 2.44. The number of aliphatic hydroxyl groups is 4. The molecule has 0 aromatic carbocycles. The van der Waals surface area contributed by atoms with E-state index in [2.05, 4.69) is 50.3 Å². The normalized spacial score (nSPS) is 22.6. The summed E-state index contributed by atoms with van der Waals surface area (Å²) >= 11 is 0. The largest absolute Gasteiger partial charge is 0.462 e. The Kier molecular flexibility index (Phi) is 26.0. The summed E-state index contributed by atoms with van der Waals surface area (Å²) in [6, 6.07) is 0. The molecule has 0 spiro atoms. The third-order valence-corrected chi connectivity index (χ3v) is 7.71. The SMILES string of the molecule is CC/C=C/C/C=C/CCCCC(=O)OCC(CO[C@@H]1O[C@H](CO)[C@H](O)C(O)C1O)OC(=O)CC/C=C/C/C=C/CCCCCCCC. The molecule has 0 radical (unpaired) electrons. The highest BCUT2D eigenvalue weighted by molar-refractivity contribution is 5.70. The zero-order chi connectivity index (χ0) is 34.5. The Labute approximate surface area is 282 Å². The molecule has 1 saturated heterocycles. The van der Waals surface area contributed by atoms with E-state index in [-0.39, 0.29) is 26.1 Å². The molecule has 0 aromatic heterocycles. The van der Waals surface area contributed by atoms with Crippen molar-refractivity contribution in [3.05, 3.63) is 48.6 Å². The van der Waals surface area contributed by atoms with Gasteiger partial charge in [-0.25, -0.2) is 0 Å². The van der Waals surface area contributed by atoms with E-state index in [4.69, 9.17) is 18.9 Å². The predicted octanol–water partition coefficient (Wildman–Crippen LogP) is 5.76. The molecule has 10 nitrogen and oxygen atoms in total. The number of unbranched alkanes of at least 4 members (excludes halogenated alkanes) is 8. The highest BCUT2D eigenvalue weighted by atomic mass is 16.7. The lowest BCUT2D eigenvalue weighted by Gasteiger charge is -2.39. The maximum absolute atomic E-state index is 12.6. The Bertz CT molecular complexity index is 913. The van der Waals surface area contributed by atoms with E-state index in [0.29, 0.717) is 12.8 Å². The molecule has 10 heteroatoms. The van der Waals surface area contributed by atoms with E-state index < -0.39 is 55.4 Å². The number of rotatable bonds is 27. The first-order valence-electron chi connectivity index (χ1n) is 17.7. The minimum atomic E-state index is -1.61. The Morgan fingerprint density at radius 1 is 0.681 bits per heavy atom. The fraction of sp³-hybridized carbons (Fsp3) is 0.730. The quantitative estimate of drug-likeness (QED) is 0.0484. The molecule has 3 unspecified atom stereocenters. The molecule has 1 aliphatic heterocycles. The second-order valence-electron chi connectivity index (χ2n) is 11.9. The van der Waals surface area contributed by atoms with Gasteiger partial charge in [0, 0.05) is 12.8 Å². The summed E-state index contributed by atoms with van der Waals surface area (Å²) in [6.45, 7) is 3.15. The van der Waals surface area contributed by atoms with Crippen molar-refractivity contribution in [2.75, 3.05) is 19.8 Å². The van der Waals surface area contributed by atoms with Gasteiger partial charge in [0.2, 0.25) is 0 Å². The number of esters is 2. The number of hydrogen-bond donors (Lipinski definition) is 4. The van der Waals surface area contributed by atoms with Crippen LogP contribution in [0.4, 0.5) is 0 Å². The molecule has 1 fully saturated rings. The van der Waals surface area contributed by atoms with Gasteiger partial charge in [-0.05, 0) is 57.8 Å². The third-order valence-electron chi connectivity index (χ3n) is 7.71. The second-order valence-corrected chi connectivity index (χ2v) is 11.9. The average molecular weight is 667 g/mol. The van der Waals surface area contributed by atoms with E-state index in [1.54, 1.807) is 0 Å². The molecule has 0 aliphatic carbocycles. The molecule has 1 heterocycles. The molecule has 0 saturated carbocycles. The fourth-order valence-electron chi connectivity index (χ4n) is 4.86. The predicted molar refractivity (Wildman–Crippen MR) is 182 cm³/mol. The Morgan fingerprint density at radius 3 is 1.96 bits per heavy atom. The molecule has 1 aliphatic rings. The lowest BCUT2D eigenvalue weighted by atomic mass is 9.99. The van der Waals surface area contributed by atoms with E-state index in [9.17, 15) is 30.0 Å². The van der Waals surface area contributed by atoms with Crippen molar-refractivity contribution in [2.24, 2.45) is 0 Å². The summed E-state index contributed by atoms with van der Waals surface area (Å²) in [6.07, 6.45) is 23.1. The van der Waals surface area contributed by atoms with Crippen LogP contribution in [0.15, 0.2) is 48.6 Å². The van der Waals surface area contributed by atoms with Gasteiger partial charge in [0.25, 0.3) is 0 Å². The summed E-state index contributed by atoms with van der Waals surface area (Å²) in [5.41, 5.74) is 0. The van der Waals surface area contributed by atoms with Crippen LogP contribution in [0, 0.1) is 0 Å². The topological polar surface area (TPSA) is 152 Å². The van der Waals surface area contributed by atoms with Gasteiger partial charge in [-0.15, -0.1) is 0 Å². The van der Waals surface area contributed by atoms with Gasteiger partial charge in [-0.1, -0.05) is 94.6 Å². The maximum Gasteiger partial charge on any atom is 0.306 e. The average Bonchev–Trinajstić information content (AvgIpc) is 3.06. The summed E-state index contributed by atoms with van der Waals surface area (Å²) < 4.78 is 21.8. The lowest BCUT2D eigenvalue weighted by Crippen LogP contribution is -2.59. The summed E-state index contributed by atoms with van der Waals surface area (Å²) in [7, 11) is 0. The van der Waals surface area contributed by atoms with Crippen molar-refractivity contribution in [1.29, 1.82) is 0 Å². The molecule has 0 aromatic rings. The zero-order valence-electron chi connectivity index (χ0n) is 28.8. The van der Waals surface area contributed by atoms with Crippen molar-refractivity contribution in [2.45, 2.75) is 153 Å². The minimum Gasteiger partial charge on any atom is -0.462 e. The third kappa shape index (κ3) is 21.3. The zero-order valence-corrected chi connectivity index (χ0v) is 28.8. The van der Waals surface area contributed by atoms with Crippen LogP contribution in [0.3, 0.4) is 0 Å². The molecular weight excluding hydrogens is 604 g/mol. The molecule has 270 valence electrons. The summed E-state index contributed by atoms with van der Waals surface area (Å²) in [5, 5.41) is 39.8. The van der Waals surface area contributed by atoms with Gasteiger partial charge in [-0.3, -0.25) is 9.59 Å². The molecular formula is C37H62O10. The first-order valence-corrected chi connectivity index (χ1v) is 17.7. The second kappa shape index (κ2) is 28.7. The molecule has 1 rings (SSSR count). The first kappa shape index (κ1) is 42.7. The number of allylic oxidation sites excluding steroid dienone is 8. The van der Waals surface area contributed by atoms with Crippen LogP contribution >= 0.6 is 0 Å². The van der Waals surface area contributed by atoms with E-state index in [0.717, 1.165) is 38.5 Å². The summed E-state index contributed by atoms with van der Waals surface area (Å²) in [4.78, 5) is 25.0. The van der Waals surface area contributed by atoms with E-state index in [1.807, 2.05) is 12.2 Å². The number of carbonyl (C=O) groups is 2. The minimum absolute atomic E-state index is 0.115. The van der Waals surface area contributed by atoms with Gasteiger partial charge >= 0.3 is 11.9 Å². The van der Waals surface area contributed by atoms with Crippen LogP contribution in [0.2, 0.25) is 0 Å². The number of hydrogen-bond acceptors (Lipinski definition) is 10. The number of carbonyl (C=O) groups excluding carboxylic acids is 2. The van der Waals surface area contributed by atoms with Crippen LogP contribution in [0.5, 0.6) is 0 Å². The molecule has 6 atom stereocenters. The van der Waals surface area contributed by atoms with E-state index in [1.165, 1.54) is 38.5 Å². The van der Waals surface area contributed by atoms with Gasteiger partial charge in [0.15, 0.2) is 12.4 Å². The van der Waals surface area contributed by atoms with Crippen molar-refractivity contribution < 1.29 is 49.0 Å². The summed E-state index contributed by atoms with van der Waals surface area (Å²) in [5.74, 6) is -0.937. The van der Waals surface area contributed by atoms with Crippen LogP contribution in [-0.4, -0.2) is 89.0 Å². The van der Waals surface area contributed by atoms with Crippen LogP contribution in [0.25, 0.3) is 0 Å². The molecule has 4 N–H and O–H groups in total. The Morgan fingerprint density at radius 2 is 1.30 bits per heavy atom. The van der Waals surface area contributed by atoms with Crippen molar-refractivity contribution in [3.8, 4) is 0 Å². The van der Waals surface area contributed by atoms with Crippen molar-refractivity contribution >= 4 is 11.9 Å². The monoisotopic (exact) mass is 666 g/mol. The maximum atomic E-state index is 12.6. The van der Waals surface area contributed by atoms with E-state index >= 15 is 0 Å². The Balaban J connectivity index is 2.51. The highest BCUT2D eigenvalue weighted by Crippen LogP contribution is 2.22. The standard InChI is InChI=1S/C37H62O10/c1-3-5-7-9-11-13-14-15-16-18-20-22-24-26-33(40)46-30(29-45-37-36(43)35(42)34(41)31(27-38)47-37)28-44-32(39)25-23-21-19-17-12-10-8-6-4-2/h6,8,12,15-17,20,22,30-31,34-38,41-43H,3-5,7,9-11,13-14,18-19,21,23-29H2,1-2H3/b8-6+,16-15+,17-12+,22-20+/t30?,31-,34+,35?,36?,37-/m1/s1. The first-order chi connectivity index (χ1) is 22.8. The number of ether oxygens (including phenoxy) is 4. The van der Waals surface area contributed by atoms with Crippen LogP contribution in [0.1, 0.15) is 117 Å². The van der Waals surface area contributed by atoms with Gasteiger partial charge in [0.1, 0.15) is 31.0 Å². The lowest BCUT2D eigenvalue weighted by molar-refractivity contribution is -0.305. The van der Waals surface area contributed by atoms with Gasteiger partial charge in [-0.2, -0.15) is 0 Å². The van der Waals surface area contributed by atoms with Gasteiger partial charge in [0.05, 0.1) is 13.2 Å². The van der Waals surface area contributed by atoms with Crippen LogP contribution in [-0.2, 0) is 28.5 Å². The van der Waals surface area contributed by atoms with Crippen molar-refractivity contribution in [1.82, 2.24) is 0 Å². The van der Waals surface area contributed by atoms with Crippen molar-refractivity contribution in [3.63, 3.8) is 0 Å².